The smallest absolute Gasteiger partial charge is 0.241 e. The second-order valence-corrected chi connectivity index (χ2v) is 8.55. The molecule has 0 heterocycles. The number of hydrogen-bond acceptors (Lipinski definition) is 5. The Morgan fingerprint density at radius 2 is 1.79 bits per heavy atom. The lowest BCUT2D eigenvalue weighted by molar-refractivity contribution is -0.121. The van der Waals surface area contributed by atoms with Crippen LogP contribution < -0.4 is 15.2 Å². The molecular weight excluding hydrogens is 378 g/mol. The van der Waals surface area contributed by atoms with Crippen LogP contribution in [0.4, 0.5) is 5.69 Å². The third-order valence-corrected chi connectivity index (χ3v) is 5.80. The summed E-state index contributed by atoms with van der Waals surface area (Å²) in [6.45, 7) is 2.56. The second kappa shape index (κ2) is 8.30. The third kappa shape index (κ3) is 5.09. The minimum absolute atomic E-state index is 0.0117. The van der Waals surface area contributed by atoms with Gasteiger partial charge in [-0.05, 0) is 61.7 Å². The van der Waals surface area contributed by atoms with Crippen molar-refractivity contribution in [1.29, 1.82) is 0 Å². The number of nitrogens with one attached hydrogen (secondary N) is 1. The van der Waals surface area contributed by atoms with Crippen LogP contribution in [0.1, 0.15) is 25.3 Å². The van der Waals surface area contributed by atoms with Crippen molar-refractivity contribution in [2.75, 3.05) is 12.4 Å². The molecule has 0 bridgehead atoms. The number of carbonyl (C=O) groups excluding carboxylic acids is 1. The van der Waals surface area contributed by atoms with Crippen LogP contribution in [0, 0.1) is 0 Å². The van der Waals surface area contributed by atoms with Crippen molar-refractivity contribution in [3.05, 3.63) is 54.1 Å². The number of sulfonamides is 1. The quantitative estimate of drug-likeness (QED) is 0.704. The standard InChI is InChI=1S/C20H25N3O4S/c1-14(20(24)22-16-5-11-19(12-6-16)28(21,25)26)23(17-7-8-17)13-15-3-9-18(27-2)10-4-15/h3-6,9-12,14,17H,7-8,13H2,1-2H3,(H,22,24)(H2,21,25,26)/t14-/m0/s1. The first-order valence-corrected chi connectivity index (χ1v) is 10.6. The van der Waals surface area contributed by atoms with E-state index in [1.165, 1.54) is 24.3 Å². The molecule has 0 aliphatic heterocycles. The molecule has 0 spiro atoms. The first-order valence-electron chi connectivity index (χ1n) is 9.10. The highest BCUT2D eigenvalue weighted by atomic mass is 32.2. The number of benzene rings is 2. The molecule has 1 atom stereocenters. The highest BCUT2D eigenvalue weighted by molar-refractivity contribution is 7.89. The van der Waals surface area contributed by atoms with Crippen LogP contribution in [-0.2, 0) is 21.4 Å². The van der Waals surface area contributed by atoms with Crippen molar-refractivity contribution >= 4 is 21.6 Å². The number of hydrogen-bond donors (Lipinski definition) is 2. The van der Waals surface area contributed by atoms with Crippen LogP contribution in [0.25, 0.3) is 0 Å². The molecule has 3 N–H and O–H groups in total. The largest absolute Gasteiger partial charge is 0.497 e. The Bertz CT molecular complexity index is 923. The zero-order valence-corrected chi connectivity index (χ0v) is 16.8. The average Bonchev–Trinajstić information content (AvgIpc) is 3.51. The number of amides is 1. The number of methoxy groups -OCH3 is 1. The number of carbonyl (C=O) groups is 1. The first-order chi connectivity index (χ1) is 13.3. The number of anilines is 1. The zero-order valence-electron chi connectivity index (χ0n) is 16.0. The third-order valence-electron chi connectivity index (χ3n) is 4.87. The highest BCUT2D eigenvalue weighted by Gasteiger charge is 2.35. The van der Waals surface area contributed by atoms with Crippen LogP contribution in [0.5, 0.6) is 5.75 Å². The minimum Gasteiger partial charge on any atom is -0.497 e. The molecule has 8 heteroatoms. The van der Waals surface area contributed by atoms with Gasteiger partial charge in [-0.2, -0.15) is 0 Å². The summed E-state index contributed by atoms with van der Waals surface area (Å²) in [6.07, 6.45) is 2.16. The van der Waals surface area contributed by atoms with Gasteiger partial charge in [0.1, 0.15) is 5.75 Å². The van der Waals surface area contributed by atoms with Crippen molar-refractivity contribution < 1.29 is 17.9 Å². The summed E-state index contributed by atoms with van der Waals surface area (Å²) >= 11 is 0. The summed E-state index contributed by atoms with van der Waals surface area (Å²) in [5.41, 5.74) is 1.65. The molecule has 0 radical (unpaired) electrons. The van der Waals surface area contributed by atoms with E-state index in [1.54, 1.807) is 7.11 Å². The normalized spacial score (nSPS) is 15.3. The molecule has 2 aromatic rings. The molecule has 1 saturated carbocycles. The minimum atomic E-state index is -3.75. The van der Waals surface area contributed by atoms with E-state index < -0.39 is 10.0 Å². The molecule has 1 aliphatic carbocycles. The van der Waals surface area contributed by atoms with Gasteiger partial charge in [-0.3, -0.25) is 9.69 Å². The average molecular weight is 404 g/mol. The zero-order chi connectivity index (χ0) is 20.3. The van der Waals surface area contributed by atoms with Gasteiger partial charge in [-0.15, -0.1) is 0 Å². The number of rotatable bonds is 8. The monoisotopic (exact) mass is 403 g/mol. The fourth-order valence-corrected chi connectivity index (χ4v) is 3.57. The van der Waals surface area contributed by atoms with Crippen molar-refractivity contribution in [2.24, 2.45) is 5.14 Å². The van der Waals surface area contributed by atoms with Crippen LogP contribution in [0.3, 0.4) is 0 Å². The van der Waals surface area contributed by atoms with Gasteiger partial charge in [-0.1, -0.05) is 12.1 Å². The lowest BCUT2D eigenvalue weighted by atomic mass is 10.1. The van der Waals surface area contributed by atoms with E-state index in [4.69, 9.17) is 9.88 Å². The SMILES string of the molecule is COc1ccc(CN(C2CC2)[C@@H](C)C(=O)Nc2ccc(S(N)(=O)=O)cc2)cc1. The number of nitrogens with two attached hydrogens (primary N) is 1. The fourth-order valence-electron chi connectivity index (χ4n) is 3.06. The van der Waals surface area contributed by atoms with Crippen LogP contribution in [0.15, 0.2) is 53.4 Å². The lowest BCUT2D eigenvalue weighted by Crippen LogP contribution is -2.43. The molecule has 0 saturated heterocycles. The summed E-state index contributed by atoms with van der Waals surface area (Å²) in [4.78, 5) is 14.9. The molecular formula is C20H25N3O4S. The molecule has 3 rings (SSSR count). The van der Waals surface area contributed by atoms with E-state index in [2.05, 4.69) is 10.2 Å². The van der Waals surface area contributed by atoms with Crippen LogP contribution in [0.2, 0.25) is 0 Å². The van der Waals surface area contributed by atoms with Gasteiger partial charge in [0, 0.05) is 18.3 Å². The van der Waals surface area contributed by atoms with E-state index in [0.29, 0.717) is 18.3 Å². The van der Waals surface area contributed by atoms with E-state index in [1.807, 2.05) is 31.2 Å². The maximum absolute atomic E-state index is 12.7. The molecule has 1 fully saturated rings. The van der Waals surface area contributed by atoms with Gasteiger partial charge in [0.2, 0.25) is 15.9 Å². The molecule has 28 heavy (non-hydrogen) atoms. The molecule has 0 aromatic heterocycles. The summed E-state index contributed by atoms with van der Waals surface area (Å²) in [5, 5.41) is 7.95. The molecule has 7 nitrogen and oxygen atoms in total. The van der Waals surface area contributed by atoms with E-state index in [-0.39, 0.29) is 16.8 Å². The molecule has 0 unspecified atom stereocenters. The summed E-state index contributed by atoms with van der Waals surface area (Å²) in [7, 11) is -2.12. The summed E-state index contributed by atoms with van der Waals surface area (Å²) in [6, 6.07) is 13.7. The topological polar surface area (TPSA) is 102 Å². The van der Waals surface area contributed by atoms with Gasteiger partial charge in [0.15, 0.2) is 0 Å². The van der Waals surface area contributed by atoms with Gasteiger partial charge < -0.3 is 10.1 Å². The summed E-state index contributed by atoms with van der Waals surface area (Å²) in [5.74, 6) is 0.666. The van der Waals surface area contributed by atoms with E-state index in [9.17, 15) is 13.2 Å². The lowest BCUT2D eigenvalue weighted by Gasteiger charge is -2.28. The number of primary sulfonamides is 1. The van der Waals surface area contributed by atoms with Gasteiger partial charge in [-0.25, -0.2) is 13.6 Å². The van der Waals surface area contributed by atoms with Crippen LogP contribution >= 0.6 is 0 Å². The molecule has 1 aliphatic rings. The van der Waals surface area contributed by atoms with Crippen molar-refractivity contribution in [1.82, 2.24) is 4.90 Å². The summed E-state index contributed by atoms with van der Waals surface area (Å²) < 4.78 is 27.9. The Kier molecular flexibility index (Phi) is 6.02. The Morgan fingerprint density at radius 1 is 1.18 bits per heavy atom. The van der Waals surface area contributed by atoms with Gasteiger partial charge in [0.25, 0.3) is 0 Å². The first kappa shape index (κ1) is 20.3. The molecule has 1 amide bonds. The maximum atomic E-state index is 12.7. The van der Waals surface area contributed by atoms with E-state index in [0.717, 1.165) is 24.2 Å². The Labute approximate surface area is 165 Å². The van der Waals surface area contributed by atoms with Crippen LogP contribution in [-0.4, -0.2) is 38.4 Å². The van der Waals surface area contributed by atoms with Crippen molar-refractivity contribution in [2.45, 2.75) is 43.3 Å². The molecule has 2 aromatic carbocycles. The Hall–Kier alpha value is -2.42. The number of nitrogens with zero attached hydrogens (tertiary/aromatic N) is 1. The van der Waals surface area contributed by atoms with E-state index >= 15 is 0 Å². The van der Waals surface area contributed by atoms with Crippen molar-refractivity contribution in [3.8, 4) is 5.75 Å². The highest BCUT2D eigenvalue weighted by Crippen LogP contribution is 2.31. The van der Waals surface area contributed by atoms with Gasteiger partial charge >= 0.3 is 0 Å². The van der Waals surface area contributed by atoms with Gasteiger partial charge in [0.05, 0.1) is 18.0 Å². The maximum Gasteiger partial charge on any atom is 0.241 e. The molecule has 150 valence electrons. The number of ether oxygens (including phenoxy) is 1. The Morgan fingerprint density at radius 3 is 2.29 bits per heavy atom. The predicted molar refractivity (Wildman–Crippen MR) is 107 cm³/mol. The van der Waals surface area contributed by atoms with Crippen molar-refractivity contribution in [3.63, 3.8) is 0 Å². The second-order valence-electron chi connectivity index (χ2n) is 6.99. The fraction of sp³-hybridized carbons (Fsp3) is 0.350. The predicted octanol–water partition coefficient (Wildman–Crippen LogP) is 2.33. The Balaban J connectivity index is 1.67.